The summed E-state index contributed by atoms with van der Waals surface area (Å²) < 4.78 is 65.8. The van der Waals surface area contributed by atoms with E-state index in [9.17, 15) is 26.3 Å². The number of aromatic nitrogens is 3. The van der Waals surface area contributed by atoms with Crippen LogP contribution in [0.3, 0.4) is 0 Å². The van der Waals surface area contributed by atoms with Crippen LogP contribution in [0.5, 0.6) is 0 Å². The molecule has 0 radical (unpaired) electrons. The number of carboxylic acids is 2. The van der Waals surface area contributed by atoms with Crippen LogP contribution in [0.2, 0.25) is 0 Å². The second kappa shape index (κ2) is 11.8. The number of hydrogen-bond donors (Lipinski definition) is 2. The molecule has 0 bridgehead atoms. The van der Waals surface area contributed by atoms with E-state index in [-0.39, 0.29) is 0 Å². The van der Waals surface area contributed by atoms with Gasteiger partial charge in [0.05, 0.1) is 23.3 Å². The van der Waals surface area contributed by atoms with E-state index in [1.165, 1.54) is 16.1 Å². The van der Waals surface area contributed by atoms with Gasteiger partial charge in [0.25, 0.3) is 0 Å². The number of pyridine rings is 1. The van der Waals surface area contributed by atoms with Crippen LogP contribution in [0.15, 0.2) is 48.2 Å². The number of nitrogens with zero attached hydrogens (tertiary/aromatic N) is 4. The highest BCUT2D eigenvalue weighted by Gasteiger charge is 2.38. The van der Waals surface area contributed by atoms with Crippen LogP contribution in [0.4, 0.5) is 26.3 Å². The molecule has 8 nitrogen and oxygen atoms in total. The third-order valence-corrected chi connectivity index (χ3v) is 5.22. The lowest BCUT2D eigenvalue weighted by atomic mass is 10.2. The highest BCUT2D eigenvalue weighted by atomic mass is 32.1. The van der Waals surface area contributed by atoms with Gasteiger partial charge in [0.15, 0.2) is 0 Å². The zero-order valence-corrected chi connectivity index (χ0v) is 18.4. The number of aliphatic carboxylic acids is 2. The van der Waals surface area contributed by atoms with E-state index in [2.05, 4.69) is 43.0 Å². The first-order valence-corrected chi connectivity index (χ1v) is 10.5. The van der Waals surface area contributed by atoms with Gasteiger partial charge in [-0.1, -0.05) is 12.1 Å². The SMILES string of the molecule is O=C(O)C(F)(F)F.O=C(O)C(F)(F)F.c1cncc(CN2CCn3c(-c4cccs4)cnc3C2)c1. The lowest BCUT2D eigenvalue weighted by Crippen LogP contribution is -2.33. The van der Waals surface area contributed by atoms with Crippen LogP contribution in [0, 0.1) is 0 Å². The van der Waals surface area contributed by atoms with Crippen molar-refractivity contribution in [1.82, 2.24) is 19.4 Å². The molecular weight excluding hydrogens is 506 g/mol. The first-order chi connectivity index (χ1) is 16.3. The Labute approximate surface area is 198 Å². The molecule has 0 spiro atoms. The first-order valence-electron chi connectivity index (χ1n) is 9.58. The summed E-state index contributed by atoms with van der Waals surface area (Å²) in [5.74, 6) is -4.35. The van der Waals surface area contributed by atoms with Gasteiger partial charge in [0, 0.05) is 32.0 Å². The van der Waals surface area contributed by atoms with Crippen LogP contribution < -0.4 is 0 Å². The van der Waals surface area contributed by atoms with E-state index in [0.29, 0.717) is 0 Å². The molecule has 1 aliphatic heterocycles. The van der Waals surface area contributed by atoms with Crippen LogP contribution in [0.25, 0.3) is 10.6 Å². The number of alkyl halides is 6. The molecule has 0 aromatic carbocycles. The molecule has 0 fully saturated rings. The molecule has 1 aliphatic rings. The monoisotopic (exact) mass is 524 g/mol. The van der Waals surface area contributed by atoms with Crippen molar-refractivity contribution in [1.29, 1.82) is 0 Å². The van der Waals surface area contributed by atoms with Crippen molar-refractivity contribution in [3.8, 4) is 10.6 Å². The van der Waals surface area contributed by atoms with E-state index in [1.54, 1.807) is 11.3 Å². The molecule has 0 atom stereocenters. The maximum atomic E-state index is 10.6. The molecule has 4 rings (SSSR count). The van der Waals surface area contributed by atoms with Crippen LogP contribution in [-0.4, -0.2) is 60.5 Å². The average molecular weight is 524 g/mol. The minimum Gasteiger partial charge on any atom is -0.475 e. The smallest absolute Gasteiger partial charge is 0.475 e. The van der Waals surface area contributed by atoms with Crippen molar-refractivity contribution in [2.45, 2.75) is 32.0 Å². The van der Waals surface area contributed by atoms with E-state index < -0.39 is 24.3 Å². The van der Waals surface area contributed by atoms with E-state index >= 15 is 0 Å². The first kappa shape index (κ1) is 27.8. The Hall–Kier alpha value is -3.46. The summed E-state index contributed by atoms with van der Waals surface area (Å²) in [6, 6.07) is 8.38. The summed E-state index contributed by atoms with van der Waals surface area (Å²) in [6.07, 6.45) is -4.40. The maximum absolute atomic E-state index is 10.6. The van der Waals surface area contributed by atoms with Gasteiger partial charge in [0.1, 0.15) is 5.82 Å². The number of imidazole rings is 1. The molecule has 0 aliphatic carbocycles. The molecule has 4 heterocycles. The Morgan fingerprint density at radius 3 is 2.09 bits per heavy atom. The standard InChI is InChI=1S/C16H16N4S.2C2HF3O2/c1-3-13(9-17-5-1)11-19-6-7-20-14(10-18-16(20)12-19)15-4-2-8-21-15;2*3-2(4,5)1(6)7/h1-5,8-10H,6-7,11-12H2;2*(H,6,7). The predicted molar refractivity (Wildman–Crippen MR) is 111 cm³/mol. The summed E-state index contributed by atoms with van der Waals surface area (Å²) in [4.78, 5) is 30.3. The second-order valence-corrected chi connectivity index (χ2v) is 7.81. The largest absolute Gasteiger partial charge is 0.490 e. The fourth-order valence-corrected chi connectivity index (χ4v) is 3.56. The molecule has 35 heavy (non-hydrogen) atoms. The molecular formula is C20H18F6N4O4S. The number of hydrogen-bond acceptors (Lipinski definition) is 6. The van der Waals surface area contributed by atoms with Crippen molar-refractivity contribution < 1.29 is 46.1 Å². The molecule has 0 saturated heterocycles. The Balaban J connectivity index is 0.000000257. The van der Waals surface area contributed by atoms with Crippen molar-refractivity contribution in [2.24, 2.45) is 0 Å². The minimum atomic E-state index is -5.08. The van der Waals surface area contributed by atoms with Gasteiger partial charge >= 0.3 is 24.3 Å². The van der Waals surface area contributed by atoms with Gasteiger partial charge in [-0.05, 0) is 23.1 Å². The van der Waals surface area contributed by atoms with E-state index in [0.717, 1.165) is 32.0 Å². The highest BCUT2D eigenvalue weighted by molar-refractivity contribution is 7.13. The van der Waals surface area contributed by atoms with Gasteiger partial charge < -0.3 is 14.8 Å². The predicted octanol–water partition coefficient (Wildman–Crippen LogP) is 4.29. The minimum absolute atomic E-state index is 0.903. The number of thiophene rings is 1. The molecule has 190 valence electrons. The Bertz CT molecular complexity index is 1080. The fraction of sp³-hybridized carbons (Fsp3) is 0.300. The Morgan fingerprint density at radius 2 is 1.60 bits per heavy atom. The molecule has 2 N–H and O–H groups in total. The second-order valence-electron chi connectivity index (χ2n) is 6.87. The molecule has 3 aromatic heterocycles. The van der Waals surface area contributed by atoms with Crippen molar-refractivity contribution >= 4 is 23.3 Å². The summed E-state index contributed by atoms with van der Waals surface area (Å²) in [5, 5.41) is 16.4. The van der Waals surface area contributed by atoms with Crippen LogP contribution in [0.1, 0.15) is 11.4 Å². The molecule has 0 amide bonds. The number of fused-ring (bicyclic) bond motifs is 1. The summed E-state index contributed by atoms with van der Waals surface area (Å²) in [5.41, 5.74) is 2.51. The van der Waals surface area contributed by atoms with Gasteiger partial charge in [0.2, 0.25) is 0 Å². The van der Waals surface area contributed by atoms with Gasteiger partial charge in [-0.25, -0.2) is 14.6 Å². The zero-order valence-electron chi connectivity index (χ0n) is 17.6. The lowest BCUT2D eigenvalue weighted by Gasteiger charge is -2.28. The average Bonchev–Trinajstić information content (AvgIpc) is 3.43. The Kier molecular flexibility index (Phi) is 9.36. The van der Waals surface area contributed by atoms with Crippen molar-refractivity contribution in [3.63, 3.8) is 0 Å². The number of carbonyl (C=O) groups is 2. The summed E-state index contributed by atoms with van der Waals surface area (Å²) in [6.45, 7) is 3.90. The Morgan fingerprint density at radius 1 is 0.971 bits per heavy atom. The topological polar surface area (TPSA) is 109 Å². The normalized spacial score (nSPS) is 13.5. The maximum Gasteiger partial charge on any atom is 0.490 e. The van der Waals surface area contributed by atoms with Gasteiger partial charge in [-0.3, -0.25) is 9.88 Å². The zero-order chi connectivity index (χ0) is 26.2. The number of carboxylic acid groups (broad SMARTS) is 2. The van der Waals surface area contributed by atoms with Gasteiger partial charge in [-0.15, -0.1) is 11.3 Å². The third-order valence-electron chi connectivity index (χ3n) is 4.33. The molecule has 0 unspecified atom stereocenters. The van der Waals surface area contributed by atoms with Crippen molar-refractivity contribution in [2.75, 3.05) is 6.54 Å². The highest BCUT2D eigenvalue weighted by Crippen LogP contribution is 2.28. The fourth-order valence-electron chi connectivity index (χ4n) is 2.82. The van der Waals surface area contributed by atoms with Crippen molar-refractivity contribution in [3.05, 3.63) is 59.6 Å². The lowest BCUT2D eigenvalue weighted by molar-refractivity contribution is -0.193. The molecule has 0 saturated carbocycles. The quantitative estimate of drug-likeness (QED) is 0.492. The molecule has 3 aromatic rings. The van der Waals surface area contributed by atoms with Gasteiger partial charge in [-0.2, -0.15) is 26.3 Å². The van der Waals surface area contributed by atoms with E-state index in [1.807, 2.05) is 24.7 Å². The third kappa shape index (κ3) is 8.68. The number of halogens is 6. The van der Waals surface area contributed by atoms with Crippen LogP contribution in [-0.2, 0) is 29.2 Å². The van der Waals surface area contributed by atoms with E-state index in [4.69, 9.17) is 19.8 Å². The summed E-state index contributed by atoms with van der Waals surface area (Å²) in [7, 11) is 0. The summed E-state index contributed by atoms with van der Waals surface area (Å²) >= 11 is 1.77. The van der Waals surface area contributed by atoms with Crippen LogP contribution >= 0.6 is 11.3 Å². The molecule has 15 heteroatoms. The number of rotatable bonds is 3.